The summed E-state index contributed by atoms with van der Waals surface area (Å²) in [6.07, 6.45) is 5.15. The molecule has 0 atom stereocenters. The van der Waals surface area contributed by atoms with Gasteiger partial charge in [-0.05, 0) is 12.1 Å². The Labute approximate surface area is 229 Å². The lowest BCUT2D eigenvalue weighted by Gasteiger charge is -2.46. The number of fused-ring (bicyclic) bond motifs is 1. The van der Waals surface area contributed by atoms with E-state index in [0.29, 0.717) is 55.6 Å². The lowest BCUT2D eigenvalue weighted by molar-refractivity contribution is -0.136. The van der Waals surface area contributed by atoms with E-state index in [1.54, 1.807) is 29.2 Å². The molecule has 4 aromatic rings. The fourth-order valence-corrected chi connectivity index (χ4v) is 4.89. The summed E-state index contributed by atoms with van der Waals surface area (Å²) in [7, 11) is 4.46. The van der Waals surface area contributed by atoms with E-state index in [-0.39, 0.29) is 35.8 Å². The predicted octanol–water partition coefficient (Wildman–Crippen LogP) is 2.96. The van der Waals surface area contributed by atoms with E-state index in [9.17, 15) is 0 Å². The number of nitrogens with zero attached hydrogens (tertiary/aromatic N) is 7. The summed E-state index contributed by atoms with van der Waals surface area (Å²) in [4.78, 5) is 17.6. The molecule has 0 unspecified atom stereocenters. The van der Waals surface area contributed by atoms with Gasteiger partial charge in [0.05, 0.1) is 70.8 Å². The average molecular weight is 554 g/mol. The van der Waals surface area contributed by atoms with E-state index >= 15 is 8.78 Å². The molecule has 0 N–H and O–H groups in total. The Morgan fingerprint density at radius 1 is 0.950 bits per heavy atom. The number of aryl methyl sites for hydroxylation is 1. The Hall–Kier alpha value is -3.94. The van der Waals surface area contributed by atoms with Crippen molar-refractivity contribution in [3.8, 4) is 22.8 Å². The van der Waals surface area contributed by atoms with E-state index in [1.807, 2.05) is 13.2 Å². The lowest BCUT2D eigenvalue weighted by Crippen LogP contribution is -2.60. The summed E-state index contributed by atoms with van der Waals surface area (Å²) in [5, 5.41) is 4.19. The largest absolute Gasteiger partial charge is 0.493 e. The summed E-state index contributed by atoms with van der Waals surface area (Å²) >= 11 is 0. The molecule has 3 aromatic heterocycles. The van der Waals surface area contributed by atoms with E-state index in [0.717, 1.165) is 5.56 Å². The third kappa shape index (κ3) is 4.80. The van der Waals surface area contributed by atoms with Crippen molar-refractivity contribution in [3.05, 3.63) is 48.4 Å². The highest BCUT2D eigenvalue weighted by molar-refractivity contribution is 5.77. The van der Waals surface area contributed by atoms with Crippen LogP contribution in [0.1, 0.15) is 0 Å². The Balaban J connectivity index is 1.43. The summed E-state index contributed by atoms with van der Waals surface area (Å²) in [5.74, 6) is -1.71. The van der Waals surface area contributed by atoms with E-state index in [4.69, 9.17) is 23.9 Å². The van der Waals surface area contributed by atoms with Crippen molar-refractivity contribution in [3.63, 3.8) is 0 Å². The molecule has 1 aromatic carbocycles. The maximum atomic E-state index is 15.8. The van der Waals surface area contributed by atoms with Gasteiger partial charge in [-0.3, -0.25) is 14.6 Å². The van der Waals surface area contributed by atoms with Gasteiger partial charge in [-0.25, -0.2) is 18.7 Å². The summed E-state index contributed by atoms with van der Waals surface area (Å²) in [6, 6.07) is 5.02. The summed E-state index contributed by atoms with van der Waals surface area (Å²) in [6.45, 7) is 3.12. The molecule has 210 valence electrons. The zero-order valence-corrected chi connectivity index (χ0v) is 22.4. The Bertz CT molecular complexity index is 1480. The van der Waals surface area contributed by atoms with Gasteiger partial charge in [-0.1, -0.05) is 0 Å². The lowest BCUT2D eigenvalue weighted by atomic mass is 10.1. The van der Waals surface area contributed by atoms with Gasteiger partial charge in [0.1, 0.15) is 17.0 Å². The summed E-state index contributed by atoms with van der Waals surface area (Å²) in [5.41, 5.74) is 1.90. The van der Waals surface area contributed by atoms with Crippen LogP contribution in [-0.2, 0) is 16.5 Å². The van der Waals surface area contributed by atoms with Gasteiger partial charge in [0, 0.05) is 38.0 Å². The molecule has 0 saturated carbocycles. The molecule has 13 heteroatoms. The summed E-state index contributed by atoms with van der Waals surface area (Å²) < 4.78 is 54.6. The van der Waals surface area contributed by atoms with Crippen molar-refractivity contribution in [2.75, 3.05) is 58.6 Å². The number of methoxy groups -OCH3 is 2. The van der Waals surface area contributed by atoms with E-state index in [1.165, 1.54) is 25.2 Å². The first-order valence-corrected chi connectivity index (χ1v) is 12.9. The molecule has 2 aliphatic rings. The van der Waals surface area contributed by atoms with Crippen molar-refractivity contribution in [2.45, 2.75) is 12.1 Å². The van der Waals surface area contributed by atoms with Crippen molar-refractivity contribution in [2.24, 2.45) is 7.05 Å². The molecule has 2 fully saturated rings. The van der Waals surface area contributed by atoms with Crippen molar-refractivity contribution >= 4 is 22.7 Å². The standard InChI is InChI=1S/C27H29F2N7O4/c1-34-11-16(9-31-34)20-10-30-19-4-5-23(33-27(19)32-20)36(7-6-35(17-12-39-13-17)18-14-40-15-18)26-24(28)21(37-2)8-22(38-3)25(26)29/h4-5,8-11,17-18H,6-7,12-15H2,1-3H3. The first kappa shape index (κ1) is 26.3. The number of hydrogen-bond acceptors (Lipinski definition) is 10. The highest BCUT2D eigenvalue weighted by Gasteiger charge is 2.36. The number of benzene rings is 1. The molecule has 6 rings (SSSR count). The van der Waals surface area contributed by atoms with Gasteiger partial charge < -0.3 is 23.8 Å². The second kappa shape index (κ2) is 10.9. The number of hydrogen-bond donors (Lipinski definition) is 0. The maximum Gasteiger partial charge on any atom is 0.191 e. The number of halogens is 2. The van der Waals surface area contributed by atoms with Crippen LogP contribution in [-0.4, -0.2) is 95.5 Å². The predicted molar refractivity (Wildman–Crippen MR) is 142 cm³/mol. The molecule has 0 amide bonds. The van der Waals surface area contributed by atoms with Crippen LogP contribution in [0.15, 0.2) is 36.8 Å². The van der Waals surface area contributed by atoms with Gasteiger partial charge in [0.25, 0.3) is 0 Å². The van der Waals surface area contributed by atoms with Gasteiger partial charge >= 0.3 is 0 Å². The van der Waals surface area contributed by atoms with Crippen molar-refractivity contribution in [1.82, 2.24) is 29.6 Å². The normalized spacial score (nSPS) is 15.8. The molecule has 0 bridgehead atoms. The molecule has 2 saturated heterocycles. The Kier molecular flexibility index (Phi) is 7.17. The zero-order valence-electron chi connectivity index (χ0n) is 22.4. The second-order valence-corrected chi connectivity index (χ2v) is 9.70. The highest BCUT2D eigenvalue weighted by Crippen LogP contribution is 2.40. The Morgan fingerprint density at radius 3 is 2.17 bits per heavy atom. The topological polar surface area (TPSA) is 99.9 Å². The monoisotopic (exact) mass is 553 g/mol. The average Bonchev–Trinajstić information content (AvgIpc) is 3.34. The van der Waals surface area contributed by atoms with Crippen LogP contribution in [0, 0.1) is 11.6 Å². The fraction of sp³-hybridized carbons (Fsp3) is 0.407. The Morgan fingerprint density at radius 2 is 1.62 bits per heavy atom. The van der Waals surface area contributed by atoms with Crippen LogP contribution in [0.4, 0.5) is 20.3 Å². The van der Waals surface area contributed by atoms with Crippen LogP contribution >= 0.6 is 0 Å². The molecule has 11 nitrogen and oxygen atoms in total. The van der Waals surface area contributed by atoms with Crippen LogP contribution in [0.25, 0.3) is 22.4 Å². The molecular weight excluding hydrogens is 524 g/mol. The van der Waals surface area contributed by atoms with Crippen LogP contribution < -0.4 is 14.4 Å². The van der Waals surface area contributed by atoms with Crippen molar-refractivity contribution < 1.29 is 27.7 Å². The van der Waals surface area contributed by atoms with Crippen LogP contribution in [0.3, 0.4) is 0 Å². The third-order valence-corrected chi connectivity index (χ3v) is 7.25. The molecule has 0 spiro atoms. The molecule has 40 heavy (non-hydrogen) atoms. The van der Waals surface area contributed by atoms with Gasteiger partial charge in [0.2, 0.25) is 0 Å². The van der Waals surface area contributed by atoms with E-state index < -0.39 is 11.6 Å². The molecule has 2 aliphatic heterocycles. The zero-order chi connectivity index (χ0) is 27.8. The minimum Gasteiger partial charge on any atom is -0.493 e. The van der Waals surface area contributed by atoms with Crippen LogP contribution in [0.2, 0.25) is 0 Å². The van der Waals surface area contributed by atoms with Gasteiger partial charge in [-0.15, -0.1) is 0 Å². The highest BCUT2D eigenvalue weighted by atomic mass is 19.1. The fourth-order valence-electron chi connectivity index (χ4n) is 4.89. The van der Waals surface area contributed by atoms with E-state index in [2.05, 4.69) is 20.0 Å². The van der Waals surface area contributed by atoms with Gasteiger partial charge in [-0.2, -0.15) is 5.10 Å². The number of pyridine rings is 1. The minimum atomic E-state index is -0.858. The van der Waals surface area contributed by atoms with Crippen molar-refractivity contribution in [1.29, 1.82) is 0 Å². The molecule has 0 radical (unpaired) electrons. The number of aromatic nitrogens is 5. The smallest absolute Gasteiger partial charge is 0.191 e. The number of rotatable bonds is 10. The molecule has 0 aliphatic carbocycles. The first-order valence-electron chi connectivity index (χ1n) is 12.9. The number of ether oxygens (including phenoxy) is 4. The number of anilines is 2. The third-order valence-electron chi connectivity index (χ3n) is 7.25. The van der Waals surface area contributed by atoms with Gasteiger partial charge in [0.15, 0.2) is 28.8 Å². The minimum absolute atomic E-state index is 0.144. The SMILES string of the molecule is COc1cc(OC)c(F)c(N(CCN(C2COC2)C2COC2)c2ccc3ncc(-c4cnn(C)c4)nc3n2)c1F. The quantitative estimate of drug-likeness (QED) is 0.291. The van der Waals surface area contributed by atoms with Crippen LogP contribution in [0.5, 0.6) is 11.5 Å². The maximum absolute atomic E-state index is 15.8. The second-order valence-electron chi connectivity index (χ2n) is 9.70. The molecule has 5 heterocycles. The molecular formula is C27H29F2N7O4. The first-order chi connectivity index (χ1) is 19.5.